The summed E-state index contributed by atoms with van der Waals surface area (Å²) < 4.78 is 25.6. The second-order valence-corrected chi connectivity index (χ2v) is 5.32. The standard InChI is InChI=1S/C14H20ClFO2/c1-14(16)7-4-5-11(9-15)12(14)10-18-13-6-2-3-8-17-13/h4-5,13H,2-3,6-10H2,1H3. The fourth-order valence-electron chi connectivity index (χ4n) is 2.37. The summed E-state index contributed by atoms with van der Waals surface area (Å²) in [6.45, 7) is 2.59. The van der Waals surface area contributed by atoms with Crippen LogP contribution in [0.4, 0.5) is 4.39 Å². The van der Waals surface area contributed by atoms with Crippen LogP contribution in [0.1, 0.15) is 32.6 Å². The van der Waals surface area contributed by atoms with Crippen molar-refractivity contribution in [2.24, 2.45) is 0 Å². The van der Waals surface area contributed by atoms with E-state index in [-0.39, 0.29) is 12.9 Å². The lowest BCUT2D eigenvalue weighted by molar-refractivity contribution is -0.158. The lowest BCUT2D eigenvalue weighted by atomic mass is 9.86. The number of hydrogen-bond donors (Lipinski definition) is 0. The molecule has 2 unspecified atom stereocenters. The van der Waals surface area contributed by atoms with Crippen LogP contribution in [0.5, 0.6) is 0 Å². The number of rotatable bonds is 4. The minimum absolute atomic E-state index is 0.190. The van der Waals surface area contributed by atoms with Crippen LogP contribution in [-0.4, -0.2) is 31.1 Å². The van der Waals surface area contributed by atoms with E-state index < -0.39 is 5.67 Å². The topological polar surface area (TPSA) is 18.5 Å². The molecule has 0 N–H and O–H groups in total. The van der Waals surface area contributed by atoms with E-state index in [1.807, 2.05) is 12.2 Å². The smallest absolute Gasteiger partial charge is 0.158 e. The predicted molar refractivity (Wildman–Crippen MR) is 70.6 cm³/mol. The molecular weight excluding hydrogens is 255 g/mol. The molecule has 1 aliphatic heterocycles. The van der Waals surface area contributed by atoms with Crippen LogP contribution in [-0.2, 0) is 9.47 Å². The molecule has 102 valence electrons. The van der Waals surface area contributed by atoms with E-state index in [0.29, 0.717) is 17.9 Å². The summed E-state index contributed by atoms with van der Waals surface area (Å²) in [5, 5.41) is 0. The van der Waals surface area contributed by atoms with Crippen molar-refractivity contribution in [3.63, 3.8) is 0 Å². The first kappa shape index (κ1) is 14.0. The third-order valence-electron chi connectivity index (χ3n) is 3.53. The van der Waals surface area contributed by atoms with Gasteiger partial charge in [0.2, 0.25) is 0 Å². The summed E-state index contributed by atoms with van der Waals surface area (Å²) in [6.07, 6.45) is 7.01. The molecule has 2 aliphatic rings. The van der Waals surface area contributed by atoms with Crippen LogP contribution < -0.4 is 0 Å². The highest BCUT2D eigenvalue weighted by molar-refractivity contribution is 6.19. The van der Waals surface area contributed by atoms with Crippen molar-refractivity contribution in [2.75, 3.05) is 19.1 Å². The molecule has 0 spiro atoms. The zero-order valence-electron chi connectivity index (χ0n) is 10.8. The number of hydrogen-bond acceptors (Lipinski definition) is 2. The quantitative estimate of drug-likeness (QED) is 0.727. The van der Waals surface area contributed by atoms with Crippen LogP contribution in [0, 0.1) is 0 Å². The molecule has 0 radical (unpaired) electrons. The monoisotopic (exact) mass is 274 g/mol. The van der Waals surface area contributed by atoms with Gasteiger partial charge in [0.05, 0.1) is 6.61 Å². The highest BCUT2D eigenvalue weighted by Crippen LogP contribution is 2.34. The van der Waals surface area contributed by atoms with Crippen LogP contribution in [0.25, 0.3) is 0 Å². The summed E-state index contributed by atoms with van der Waals surface area (Å²) in [5.41, 5.74) is 0.145. The first-order chi connectivity index (χ1) is 8.63. The fourth-order valence-corrected chi connectivity index (χ4v) is 2.62. The van der Waals surface area contributed by atoms with Crippen molar-refractivity contribution in [1.82, 2.24) is 0 Å². The van der Waals surface area contributed by atoms with Gasteiger partial charge < -0.3 is 9.47 Å². The van der Waals surface area contributed by atoms with Crippen LogP contribution in [0.15, 0.2) is 23.3 Å². The summed E-state index contributed by atoms with van der Waals surface area (Å²) in [6, 6.07) is 0. The highest BCUT2D eigenvalue weighted by atomic mass is 35.5. The average molecular weight is 275 g/mol. The van der Waals surface area contributed by atoms with Crippen molar-refractivity contribution in [1.29, 1.82) is 0 Å². The lowest BCUT2D eigenvalue weighted by Crippen LogP contribution is -2.31. The molecule has 2 nitrogen and oxygen atoms in total. The molecule has 0 amide bonds. The Bertz CT molecular complexity index is 344. The fraction of sp³-hybridized carbons (Fsp3) is 0.714. The van der Waals surface area contributed by atoms with Gasteiger partial charge in [-0.2, -0.15) is 0 Å². The lowest BCUT2D eigenvalue weighted by Gasteiger charge is -2.30. The summed E-state index contributed by atoms with van der Waals surface area (Å²) in [7, 11) is 0. The molecule has 4 heteroatoms. The molecule has 0 saturated carbocycles. The minimum atomic E-state index is -1.35. The Balaban J connectivity index is 1.99. The van der Waals surface area contributed by atoms with Crippen molar-refractivity contribution >= 4 is 11.6 Å². The molecular formula is C14H20ClFO2. The molecule has 1 fully saturated rings. The van der Waals surface area contributed by atoms with Crippen LogP contribution in [0.2, 0.25) is 0 Å². The molecule has 1 heterocycles. The van der Waals surface area contributed by atoms with Crippen molar-refractivity contribution in [3.05, 3.63) is 23.3 Å². The Morgan fingerprint density at radius 2 is 2.39 bits per heavy atom. The molecule has 0 aromatic rings. The largest absolute Gasteiger partial charge is 0.353 e. The Hall–Kier alpha value is -0.380. The highest BCUT2D eigenvalue weighted by Gasteiger charge is 2.32. The van der Waals surface area contributed by atoms with Crippen molar-refractivity contribution in [3.8, 4) is 0 Å². The summed E-state index contributed by atoms with van der Waals surface area (Å²) in [5.74, 6) is 0.320. The number of halogens is 2. The second-order valence-electron chi connectivity index (χ2n) is 5.05. The number of allylic oxidation sites excluding steroid dienone is 3. The van der Waals surface area contributed by atoms with Crippen LogP contribution in [0.3, 0.4) is 0 Å². The van der Waals surface area contributed by atoms with Crippen molar-refractivity contribution in [2.45, 2.75) is 44.6 Å². The average Bonchev–Trinajstić information content (AvgIpc) is 2.37. The maximum Gasteiger partial charge on any atom is 0.158 e. The molecule has 2 atom stereocenters. The van der Waals surface area contributed by atoms with E-state index in [2.05, 4.69) is 0 Å². The van der Waals surface area contributed by atoms with Gasteiger partial charge in [-0.25, -0.2) is 4.39 Å². The number of ether oxygens (including phenoxy) is 2. The first-order valence-electron chi connectivity index (χ1n) is 6.50. The van der Waals surface area contributed by atoms with Gasteiger partial charge in [0, 0.05) is 18.9 Å². The summed E-state index contributed by atoms with van der Waals surface area (Å²) >= 11 is 5.86. The Morgan fingerprint density at radius 3 is 3.06 bits per heavy atom. The maximum absolute atomic E-state index is 14.4. The molecule has 0 aromatic carbocycles. The van der Waals surface area contributed by atoms with Gasteiger partial charge in [0.1, 0.15) is 5.67 Å². The van der Waals surface area contributed by atoms with E-state index in [4.69, 9.17) is 21.1 Å². The molecule has 18 heavy (non-hydrogen) atoms. The van der Waals surface area contributed by atoms with E-state index >= 15 is 0 Å². The molecule has 0 bridgehead atoms. The van der Waals surface area contributed by atoms with Crippen molar-refractivity contribution < 1.29 is 13.9 Å². The van der Waals surface area contributed by atoms with Gasteiger partial charge in [-0.3, -0.25) is 0 Å². The third kappa shape index (κ3) is 3.34. The molecule has 1 saturated heterocycles. The minimum Gasteiger partial charge on any atom is -0.353 e. The van der Waals surface area contributed by atoms with E-state index in [1.165, 1.54) is 0 Å². The second kappa shape index (κ2) is 6.18. The maximum atomic E-state index is 14.4. The Kier molecular flexibility index (Phi) is 4.82. The predicted octanol–water partition coefficient (Wildman–Crippen LogP) is 3.75. The van der Waals surface area contributed by atoms with Gasteiger partial charge in [-0.05, 0) is 37.3 Å². The SMILES string of the molecule is CC1(F)CC=CC(CCl)=C1COC1CCCCO1. The molecule has 1 aliphatic carbocycles. The Morgan fingerprint density at radius 1 is 1.56 bits per heavy atom. The normalized spacial score (nSPS) is 32.9. The van der Waals surface area contributed by atoms with Gasteiger partial charge >= 0.3 is 0 Å². The van der Waals surface area contributed by atoms with Crippen LogP contribution >= 0.6 is 11.6 Å². The molecule has 0 aromatic heterocycles. The number of alkyl halides is 2. The van der Waals surface area contributed by atoms with E-state index in [0.717, 1.165) is 31.4 Å². The Labute approximate surface area is 113 Å². The van der Waals surface area contributed by atoms with Gasteiger partial charge in [-0.15, -0.1) is 11.6 Å². The third-order valence-corrected chi connectivity index (χ3v) is 3.82. The van der Waals surface area contributed by atoms with E-state index in [9.17, 15) is 4.39 Å². The summed E-state index contributed by atoms with van der Waals surface area (Å²) in [4.78, 5) is 0. The van der Waals surface area contributed by atoms with Gasteiger partial charge in [-0.1, -0.05) is 12.2 Å². The van der Waals surface area contributed by atoms with Gasteiger partial charge in [0.15, 0.2) is 6.29 Å². The van der Waals surface area contributed by atoms with E-state index in [1.54, 1.807) is 6.92 Å². The van der Waals surface area contributed by atoms with Gasteiger partial charge in [0.25, 0.3) is 0 Å². The first-order valence-corrected chi connectivity index (χ1v) is 7.04. The molecule has 2 rings (SSSR count). The zero-order chi connectivity index (χ0) is 13.0. The zero-order valence-corrected chi connectivity index (χ0v) is 11.5.